The molecule has 156 valence electrons. The van der Waals surface area contributed by atoms with Crippen LogP contribution in [-0.4, -0.2) is 27.0 Å². The average molecular weight is 424 g/mol. The van der Waals surface area contributed by atoms with E-state index < -0.39 is 23.0 Å². The van der Waals surface area contributed by atoms with Gasteiger partial charge in [-0.25, -0.2) is 4.98 Å². The maximum atomic E-state index is 13.6. The van der Waals surface area contributed by atoms with E-state index in [0.717, 1.165) is 52.8 Å². The van der Waals surface area contributed by atoms with Gasteiger partial charge in [-0.1, -0.05) is 56.1 Å². The first-order valence-electron chi connectivity index (χ1n) is 9.62. The van der Waals surface area contributed by atoms with Crippen molar-refractivity contribution in [1.82, 2.24) is 14.8 Å². The Balaban J connectivity index is 1.95. The Morgan fingerprint density at radius 1 is 1.21 bits per heavy atom. The Labute approximate surface area is 170 Å². The van der Waals surface area contributed by atoms with E-state index in [4.69, 9.17) is 0 Å². The first-order valence-corrected chi connectivity index (χ1v) is 10.4. The van der Waals surface area contributed by atoms with Crippen molar-refractivity contribution in [2.75, 3.05) is 6.54 Å². The minimum atomic E-state index is -4.70. The number of rotatable bonds is 8. The molecule has 0 spiro atoms. The molecular formula is C20H23F3N4OS. The number of benzene rings is 1. The van der Waals surface area contributed by atoms with E-state index in [0.29, 0.717) is 12.1 Å². The minimum Gasteiger partial charge on any atom is -0.289 e. The highest BCUT2D eigenvalue weighted by Crippen LogP contribution is 2.31. The van der Waals surface area contributed by atoms with Crippen molar-refractivity contribution in [2.45, 2.75) is 52.1 Å². The second-order valence-electron chi connectivity index (χ2n) is 6.85. The molecule has 0 aliphatic heterocycles. The zero-order valence-electron chi connectivity index (χ0n) is 16.3. The number of aromatic nitrogens is 3. The van der Waals surface area contributed by atoms with Crippen LogP contribution in [0.5, 0.6) is 0 Å². The van der Waals surface area contributed by atoms with Gasteiger partial charge < -0.3 is 0 Å². The number of alkyl halides is 3. The van der Waals surface area contributed by atoms with Crippen LogP contribution in [0.2, 0.25) is 0 Å². The fraction of sp³-hybridized carbons (Fsp3) is 0.450. The van der Waals surface area contributed by atoms with E-state index in [9.17, 15) is 18.0 Å². The van der Waals surface area contributed by atoms with Crippen LogP contribution in [0.25, 0.3) is 15.3 Å². The predicted molar refractivity (Wildman–Crippen MR) is 110 cm³/mol. The Morgan fingerprint density at radius 2 is 1.93 bits per heavy atom. The summed E-state index contributed by atoms with van der Waals surface area (Å²) in [6, 6.07) is 7.15. The second-order valence-corrected chi connectivity index (χ2v) is 7.85. The summed E-state index contributed by atoms with van der Waals surface area (Å²) in [7, 11) is 0. The predicted octanol–water partition coefficient (Wildman–Crippen LogP) is 5.57. The largest absolute Gasteiger partial charge is 0.433 e. The van der Waals surface area contributed by atoms with Crippen LogP contribution >= 0.6 is 11.3 Å². The van der Waals surface area contributed by atoms with E-state index in [1.807, 2.05) is 6.07 Å². The van der Waals surface area contributed by atoms with Crippen LogP contribution in [0.15, 0.2) is 34.1 Å². The fourth-order valence-corrected chi connectivity index (χ4v) is 4.03. The molecule has 0 saturated heterocycles. The minimum absolute atomic E-state index is 0.0916. The molecule has 1 aromatic carbocycles. The van der Waals surface area contributed by atoms with E-state index >= 15 is 0 Å². The number of para-hydroxylation sites is 1. The van der Waals surface area contributed by atoms with E-state index in [1.165, 1.54) is 6.92 Å². The second kappa shape index (κ2) is 8.94. The molecule has 3 rings (SSSR count). The number of halogens is 3. The van der Waals surface area contributed by atoms with Crippen LogP contribution in [0.1, 0.15) is 57.2 Å². The zero-order chi connectivity index (χ0) is 21.0. The lowest BCUT2D eigenvalue weighted by atomic mass is 10.1. The number of aliphatic imine (C=N–C) groups is 1. The number of hydrogen-bond acceptors (Lipinski definition) is 4. The molecule has 0 unspecified atom stereocenters. The molecule has 0 bridgehead atoms. The summed E-state index contributed by atoms with van der Waals surface area (Å²) in [6.45, 7) is 3.97. The van der Waals surface area contributed by atoms with Gasteiger partial charge in [0.15, 0.2) is 5.69 Å². The summed E-state index contributed by atoms with van der Waals surface area (Å²) < 4.78 is 42.4. The number of fused-ring (bicyclic) bond motifs is 1. The standard InChI is InChI=1S/C20H23F3N4OS/c1-3-4-5-6-9-12-24-13(2)16-17(20(21,22)23)26-27(18(16)28)19-25-14-10-7-8-11-15(14)29-19/h7-8,10-11,26H,3-6,9,12H2,1-2H3. The molecule has 1 N–H and O–H groups in total. The van der Waals surface area contributed by atoms with Crippen LogP contribution in [0.3, 0.4) is 0 Å². The van der Waals surface area contributed by atoms with Gasteiger partial charge in [-0.05, 0) is 25.5 Å². The highest BCUT2D eigenvalue weighted by Gasteiger charge is 2.39. The molecule has 0 radical (unpaired) electrons. The van der Waals surface area contributed by atoms with Crippen LogP contribution in [0, 0.1) is 0 Å². The van der Waals surface area contributed by atoms with Gasteiger partial charge in [0, 0.05) is 12.3 Å². The van der Waals surface area contributed by atoms with Crippen molar-refractivity contribution in [1.29, 1.82) is 0 Å². The smallest absolute Gasteiger partial charge is 0.289 e. The van der Waals surface area contributed by atoms with Gasteiger partial charge >= 0.3 is 6.18 Å². The molecule has 0 saturated carbocycles. The van der Waals surface area contributed by atoms with Gasteiger partial charge in [0.2, 0.25) is 5.13 Å². The van der Waals surface area contributed by atoms with Gasteiger partial charge in [-0.15, -0.1) is 0 Å². The van der Waals surface area contributed by atoms with Crippen molar-refractivity contribution >= 4 is 27.3 Å². The molecular weight excluding hydrogens is 401 g/mol. The zero-order valence-corrected chi connectivity index (χ0v) is 17.2. The van der Waals surface area contributed by atoms with Crippen molar-refractivity contribution < 1.29 is 13.2 Å². The Morgan fingerprint density at radius 3 is 2.62 bits per heavy atom. The summed E-state index contributed by atoms with van der Waals surface area (Å²) in [5, 5.41) is 2.38. The third-order valence-corrected chi connectivity index (χ3v) is 5.64. The molecule has 0 atom stereocenters. The molecule has 2 heterocycles. The van der Waals surface area contributed by atoms with Gasteiger partial charge in [-0.2, -0.15) is 17.9 Å². The number of thiazole rings is 1. The van der Waals surface area contributed by atoms with Crippen LogP contribution < -0.4 is 5.56 Å². The summed E-state index contributed by atoms with van der Waals surface area (Å²) >= 11 is 1.15. The number of nitrogens with one attached hydrogen (secondary N) is 1. The number of hydrogen-bond donors (Lipinski definition) is 1. The lowest BCUT2D eigenvalue weighted by molar-refractivity contribution is -0.141. The lowest BCUT2D eigenvalue weighted by Crippen LogP contribution is -2.20. The van der Waals surface area contributed by atoms with Crippen LogP contribution in [-0.2, 0) is 6.18 Å². The molecule has 0 aliphatic carbocycles. The summed E-state index contributed by atoms with van der Waals surface area (Å²) in [5.41, 5.74) is -1.60. The topological polar surface area (TPSA) is 63.0 Å². The Bertz CT molecular complexity index is 1030. The highest BCUT2D eigenvalue weighted by molar-refractivity contribution is 7.20. The van der Waals surface area contributed by atoms with Crippen LogP contribution in [0.4, 0.5) is 13.2 Å². The van der Waals surface area contributed by atoms with Crippen molar-refractivity contribution in [3.8, 4) is 5.13 Å². The normalized spacial score (nSPS) is 12.8. The van der Waals surface area contributed by atoms with E-state index in [1.54, 1.807) is 18.2 Å². The average Bonchev–Trinajstić information content (AvgIpc) is 3.24. The highest BCUT2D eigenvalue weighted by atomic mass is 32.1. The maximum Gasteiger partial charge on any atom is 0.433 e. The summed E-state index contributed by atoms with van der Waals surface area (Å²) in [4.78, 5) is 21.4. The van der Waals surface area contributed by atoms with Crippen molar-refractivity contribution in [3.05, 3.63) is 45.9 Å². The van der Waals surface area contributed by atoms with Crippen molar-refractivity contribution in [2.24, 2.45) is 4.99 Å². The quantitative estimate of drug-likeness (QED) is 0.379. The third kappa shape index (κ3) is 4.77. The number of aromatic amines is 1. The lowest BCUT2D eigenvalue weighted by Gasteiger charge is -2.06. The molecule has 2 aromatic heterocycles. The molecule has 0 amide bonds. The van der Waals surface area contributed by atoms with Gasteiger partial charge in [0.05, 0.1) is 15.8 Å². The monoisotopic (exact) mass is 424 g/mol. The molecule has 0 aliphatic rings. The summed E-state index contributed by atoms with van der Waals surface area (Å²) in [6.07, 6.45) is 0.383. The molecule has 5 nitrogen and oxygen atoms in total. The van der Waals surface area contributed by atoms with E-state index in [-0.39, 0.29) is 10.8 Å². The third-order valence-electron chi connectivity index (χ3n) is 4.62. The van der Waals surface area contributed by atoms with Crippen molar-refractivity contribution in [3.63, 3.8) is 0 Å². The number of nitrogens with zero attached hydrogens (tertiary/aromatic N) is 3. The SMILES string of the molecule is CCCCCCCN=C(C)c1c(C(F)(F)F)[nH]n(-c2nc3ccccc3s2)c1=O. The maximum absolute atomic E-state index is 13.6. The Hall–Kier alpha value is -2.42. The molecule has 3 aromatic rings. The first kappa shape index (κ1) is 21.3. The fourth-order valence-electron chi connectivity index (χ4n) is 3.11. The van der Waals surface area contributed by atoms with Gasteiger partial charge in [0.1, 0.15) is 0 Å². The Kier molecular flexibility index (Phi) is 6.56. The molecule has 0 fully saturated rings. The molecule has 9 heteroatoms. The van der Waals surface area contributed by atoms with Gasteiger partial charge in [-0.3, -0.25) is 14.9 Å². The molecule has 29 heavy (non-hydrogen) atoms. The van der Waals surface area contributed by atoms with Gasteiger partial charge in [0.25, 0.3) is 5.56 Å². The number of H-pyrrole nitrogens is 1. The number of unbranched alkanes of at least 4 members (excludes halogenated alkanes) is 4. The summed E-state index contributed by atoms with van der Waals surface area (Å²) in [5.74, 6) is 0. The first-order chi connectivity index (χ1) is 13.8. The van der Waals surface area contributed by atoms with E-state index in [2.05, 4.69) is 22.0 Å².